The van der Waals surface area contributed by atoms with Crippen LogP contribution < -0.4 is 0 Å². The number of aromatic hydroxyl groups is 1. The smallest absolute Gasteiger partial charge is 0.123 e. The summed E-state index contributed by atoms with van der Waals surface area (Å²) in [6.45, 7) is 0.622. The summed E-state index contributed by atoms with van der Waals surface area (Å²) in [5.41, 5.74) is 2.93. The minimum atomic E-state index is -0.238. The number of phenolic OH excluding ortho intramolecular Hbond substituents is 1. The molecule has 1 N–H and O–H groups in total. The highest BCUT2D eigenvalue weighted by molar-refractivity contribution is 5.60. The van der Waals surface area contributed by atoms with E-state index in [2.05, 4.69) is 4.98 Å². The highest BCUT2D eigenvalue weighted by Crippen LogP contribution is 2.22. The van der Waals surface area contributed by atoms with E-state index >= 15 is 0 Å². The Bertz CT molecular complexity index is 702. The maximum absolute atomic E-state index is 12.9. The normalized spacial score (nSPS) is 10.7. The number of phenols is 1. The molecule has 0 aliphatic rings. The van der Waals surface area contributed by atoms with Crippen LogP contribution in [-0.2, 0) is 6.54 Å². The van der Waals surface area contributed by atoms with Crippen LogP contribution in [0.5, 0.6) is 5.75 Å². The van der Waals surface area contributed by atoms with Gasteiger partial charge in [-0.3, -0.25) is 0 Å². The Morgan fingerprint density at radius 3 is 2.40 bits per heavy atom. The lowest BCUT2D eigenvalue weighted by Crippen LogP contribution is -2.00. The van der Waals surface area contributed by atoms with Gasteiger partial charge in [0.05, 0.1) is 18.2 Å². The average molecular weight is 268 g/mol. The molecule has 2 aromatic carbocycles. The van der Waals surface area contributed by atoms with E-state index in [1.54, 1.807) is 36.8 Å². The van der Waals surface area contributed by atoms with Crippen molar-refractivity contribution in [2.45, 2.75) is 6.54 Å². The molecule has 0 aliphatic carbocycles. The van der Waals surface area contributed by atoms with Crippen LogP contribution in [0.15, 0.2) is 61.1 Å². The Balaban J connectivity index is 1.90. The second-order valence-electron chi connectivity index (χ2n) is 4.58. The molecule has 0 saturated carbocycles. The van der Waals surface area contributed by atoms with E-state index < -0.39 is 0 Å². The summed E-state index contributed by atoms with van der Waals surface area (Å²) in [5.74, 6) is -0.00325. The van der Waals surface area contributed by atoms with Gasteiger partial charge in [-0.25, -0.2) is 9.37 Å². The number of halogens is 1. The molecule has 0 radical (unpaired) electrons. The zero-order valence-corrected chi connectivity index (χ0v) is 10.7. The second kappa shape index (κ2) is 5.17. The maximum atomic E-state index is 12.9. The number of nitrogens with zero attached hydrogens (tertiary/aromatic N) is 2. The predicted octanol–water partition coefficient (Wildman–Crippen LogP) is 3.44. The average Bonchev–Trinajstić information content (AvgIpc) is 2.90. The molecule has 0 aliphatic heterocycles. The van der Waals surface area contributed by atoms with Crippen LogP contribution in [0.25, 0.3) is 11.3 Å². The van der Waals surface area contributed by atoms with Crippen LogP contribution in [0.2, 0.25) is 0 Å². The molecule has 0 bridgehead atoms. The summed E-state index contributed by atoms with van der Waals surface area (Å²) < 4.78 is 14.9. The van der Waals surface area contributed by atoms with Crippen molar-refractivity contribution in [1.29, 1.82) is 0 Å². The Morgan fingerprint density at radius 1 is 1.00 bits per heavy atom. The van der Waals surface area contributed by atoms with Crippen LogP contribution in [0.4, 0.5) is 4.39 Å². The third-order valence-electron chi connectivity index (χ3n) is 3.14. The van der Waals surface area contributed by atoms with Crippen molar-refractivity contribution in [2.75, 3.05) is 0 Å². The van der Waals surface area contributed by atoms with E-state index in [1.807, 2.05) is 16.7 Å². The van der Waals surface area contributed by atoms with E-state index in [9.17, 15) is 9.50 Å². The summed E-state index contributed by atoms with van der Waals surface area (Å²) in [5, 5.41) is 9.33. The van der Waals surface area contributed by atoms with Gasteiger partial charge in [-0.15, -0.1) is 0 Å². The van der Waals surface area contributed by atoms with Crippen molar-refractivity contribution in [3.05, 3.63) is 72.4 Å². The molecule has 0 atom stereocenters. The summed E-state index contributed by atoms with van der Waals surface area (Å²) in [4.78, 5) is 4.16. The van der Waals surface area contributed by atoms with Crippen LogP contribution in [0, 0.1) is 5.82 Å². The fraction of sp³-hybridized carbons (Fsp3) is 0.0625. The third kappa shape index (κ3) is 2.54. The lowest BCUT2D eigenvalue weighted by Gasteiger charge is -2.08. The van der Waals surface area contributed by atoms with Gasteiger partial charge in [0.15, 0.2) is 0 Å². The fourth-order valence-corrected chi connectivity index (χ4v) is 2.11. The fourth-order valence-electron chi connectivity index (χ4n) is 2.11. The molecule has 3 nitrogen and oxygen atoms in total. The minimum absolute atomic E-state index is 0.235. The van der Waals surface area contributed by atoms with Gasteiger partial charge < -0.3 is 9.67 Å². The van der Waals surface area contributed by atoms with Gasteiger partial charge in [-0.2, -0.15) is 0 Å². The van der Waals surface area contributed by atoms with Gasteiger partial charge in [0, 0.05) is 12.1 Å². The number of rotatable bonds is 3. The van der Waals surface area contributed by atoms with E-state index in [0.29, 0.717) is 6.54 Å². The maximum Gasteiger partial charge on any atom is 0.123 e. The van der Waals surface area contributed by atoms with Gasteiger partial charge in [-0.1, -0.05) is 12.1 Å². The lowest BCUT2D eigenvalue weighted by atomic mass is 10.1. The monoisotopic (exact) mass is 268 g/mol. The summed E-state index contributed by atoms with van der Waals surface area (Å²) >= 11 is 0. The molecular weight excluding hydrogens is 255 g/mol. The highest BCUT2D eigenvalue weighted by Gasteiger charge is 2.06. The SMILES string of the molecule is Oc1ccc(-c2cncn2Cc2ccc(F)cc2)cc1. The van der Waals surface area contributed by atoms with E-state index in [4.69, 9.17) is 0 Å². The van der Waals surface area contributed by atoms with Crippen LogP contribution >= 0.6 is 0 Å². The lowest BCUT2D eigenvalue weighted by molar-refractivity contribution is 0.475. The summed E-state index contributed by atoms with van der Waals surface area (Å²) in [6, 6.07) is 13.4. The molecule has 1 heterocycles. The Hall–Kier alpha value is -2.62. The van der Waals surface area contributed by atoms with Gasteiger partial charge in [0.2, 0.25) is 0 Å². The van der Waals surface area contributed by atoms with Crippen LogP contribution in [-0.4, -0.2) is 14.7 Å². The van der Waals surface area contributed by atoms with Crippen molar-refractivity contribution in [3.63, 3.8) is 0 Å². The highest BCUT2D eigenvalue weighted by atomic mass is 19.1. The summed E-state index contributed by atoms with van der Waals surface area (Å²) in [6.07, 6.45) is 3.52. The Labute approximate surface area is 116 Å². The standard InChI is InChI=1S/C16H13FN2O/c17-14-5-1-12(2-6-14)10-19-11-18-9-16(19)13-3-7-15(20)8-4-13/h1-9,11,20H,10H2. The van der Waals surface area contributed by atoms with Crippen molar-refractivity contribution in [1.82, 2.24) is 9.55 Å². The molecule has 100 valence electrons. The first-order valence-electron chi connectivity index (χ1n) is 6.26. The molecular formula is C16H13FN2O. The number of hydrogen-bond donors (Lipinski definition) is 1. The number of benzene rings is 2. The molecule has 0 fully saturated rings. The first kappa shape index (κ1) is 12.4. The van der Waals surface area contributed by atoms with Crippen molar-refractivity contribution in [2.24, 2.45) is 0 Å². The molecule has 0 unspecified atom stereocenters. The van der Waals surface area contributed by atoms with Gasteiger partial charge in [0.25, 0.3) is 0 Å². The molecule has 3 aromatic rings. The Kier molecular flexibility index (Phi) is 3.21. The van der Waals surface area contributed by atoms with Crippen LogP contribution in [0.3, 0.4) is 0 Å². The molecule has 4 heteroatoms. The third-order valence-corrected chi connectivity index (χ3v) is 3.14. The van der Waals surface area contributed by atoms with Gasteiger partial charge in [0.1, 0.15) is 11.6 Å². The first-order valence-corrected chi connectivity index (χ1v) is 6.26. The van der Waals surface area contributed by atoms with E-state index in [0.717, 1.165) is 16.8 Å². The molecule has 1 aromatic heterocycles. The topological polar surface area (TPSA) is 38.1 Å². The van der Waals surface area contributed by atoms with Crippen LogP contribution in [0.1, 0.15) is 5.56 Å². The van der Waals surface area contributed by atoms with Crippen molar-refractivity contribution < 1.29 is 9.50 Å². The van der Waals surface area contributed by atoms with Crippen molar-refractivity contribution >= 4 is 0 Å². The quantitative estimate of drug-likeness (QED) is 0.790. The number of imidazole rings is 1. The molecule has 3 rings (SSSR count). The second-order valence-corrected chi connectivity index (χ2v) is 4.58. The van der Waals surface area contributed by atoms with Gasteiger partial charge in [-0.05, 0) is 42.0 Å². The van der Waals surface area contributed by atoms with E-state index in [1.165, 1.54) is 12.1 Å². The molecule has 20 heavy (non-hydrogen) atoms. The van der Waals surface area contributed by atoms with Crippen molar-refractivity contribution in [3.8, 4) is 17.0 Å². The molecule has 0 saturated heterocycles. The van der Waals surface area contributed by atoms with E-state index in [-0.39, 0.29) is 11.6 Å². The van der Waals surface area contributed by atoms with Gasteiger partial charge >= 0.3 is 0 Å². The summed E-state index contributed by atoms with van der Waals surface area (Å²) in [7, 11) is 0. The Morgan fingerprint density at radius 2 is 1.70 bits per heavy atom. The molecule has 0 amide bonds. The molecule has 0 spiro atoms. The number of aromatic nitrogens is 2. The zero-order chi connectivity index (χ0) is 13.9. The number of hydrogen-bond acceptors (Lipinski definition) is 2. The largest absolute Gasteiger partial charge is 0.508 e. The predicted molar refractivity (Wildman–Crippen MR) is 74.8 cm³/mol. The zero-order valence-electron chi connectivity index (χ0n) is 10.7. The first-order chi connectivity index (χ1) is 9.72. The minimum Gasteiger partial charge on any atom is -0.508 e.